The van der Waals surface area contributed by atoms with Crippen LogP contribution in [-0.2, 0) is 0 Å². The van der Waals surface area contributed by atoms with Crippen molar-refractivity contribution in [3.8, 4) is 11.6 Å². The predicted octanol–water partition coefficient (Wildman–Crippen LogP) is 3.02. The van der Waals surface area contributed by atoms with Gasteiger partial charge in [-0.2, -0.15) is 0 Å². The van der Waals surface area contributed by atoms with Gasteiger partial charge in [0.2, 0.25) is 0 Å². The predicted molar refractivity (Wildman–Crippen MR) is 112 cm³/mol. The van der Waals surface area contributed by atoms with Gasteiger partial charge in [-0.3, -0.25) is 0 Å². The molecule has 150 valence electrons. The number of anilines is 2. The smallest absolute Gasteiger partial charge is 0.321 e. The summed E-state index contributed by atoms with van der Waals surface area (Å²) in [6, 6.07) is 15.1. The summed E-state index contributed by atoms with van der Waals surface area (Å²) in [5, 5.41) is 11.6. The minimum absolute atomic E-state index is 0.0946. The summed E-state index contributed by atoms with van der Waals surface area (Å²) in [5.41, 5.74) is 0.757. The molecule has 3 heterocycles. The Balaban J connectivity index is 1.30. The van der Waals surface area contributed by atoms with Gasteiger partial charge < -0.3 is 24.4 Å². The molecule has 29 heavy (non-hydrogen) atoms. The first kappa shape index (κ1) is 18.8. The van der Waals surface area contributed by atoms with E-state index in [0.717, 1.165) is 23.1 Å². The van der Waals surface area contributed by atoms with Crippen LogP contribution in [0, 0.1) is 0 Å². The van der Waals surface area contributed by atoms with Gasteiger partial charge in [-0.05, 0) is 55.5 Å². The molecule has 1 aromatic carbocycles. The van der Waals surface area contributed by atoms with E-state index >= 15 is 0 Å². The zero-order chi connectivity index (χ0) is 20.1. The van der Waals surface area contributed by atoms with Gasteiger partial charge in [-0.15, -0.1) is 10.2 Å². The molecule has 0 bridgehead atoms. The third-order valence-corrected chi connectivity index (χ3v) is 4.81. The molecular formula is C21H24N6O2. The molecule has 2 aromatic heterocycles. The van der Waals surface area contributed by atoms with Gasteiger partial charge in [-0.1, -0.05) is 0 Å². The lowest BCUT2D eigenvalue weighted by Crippen LogP contribution is -2.50. The Morgan fingerprint density at radius 2 is 1.62 bits per heavy atom. The second-order valence-corrected chi connectivity index (χ2v) is 6.70. The minimum atomic E-state index is -0.0946. The summed E-state index contributed by atoms with van der Waals surface area (Å²) in [5.74, 6) is 2.41. The maximum atomic E-state index is 12.5. The highest BCUT2D eigenvalue weighted by atomic mass is 16.5. The first-order valence-electron chi connectivity index (χ1n) is 9.74. The lowest BCUT2D eigenvalue weighted by atomic mass is 10.3. The summed E-state index contributed by atoms with van der Waals surface area (Å²) >= 11 is 0. The number of nitrogens with one attached hydrogen (secondary N) is 1. The Morgan fingerprint density at radius 3 is 2.24 bits per heavy atom. The number of aromatic nitrogens is 3. The Bertz CT molecular complexity index is 917. The molecule has 3 aromatic rings. The average molecular weight is 392 g/mol. The topological polar surface area (TPSA) is 75.5 Å². The van der Waals surface area contributed by atoms with Gasteiger partial charge in [0, 0.05) is 44.3 Å². The number of hydrogen-bond acceptors (Lipinski definition) is 5. The van der Waals surface area contributed by atoms with Gasteiger partial charge in [0.15, 0.2) is 11.6 Å². The van der Waals surface area contributed by atoms with E-state index in [2.05, 4.69) is 20.4 Å². The number of rotatable bonds is 5. The fourth-order valence-corrected chi connectivity index (χ4v) is 3.25. The summed E-state index contributed by atoms with van der Waals surface area (Å²) in [7, 11) is 0. The van der Waals surface area contributed by atoms with Crippen molar-refractivity contribution in [3.63, 3.8) is 0 Å². The van der Waals surface area contributed by atoms with Crippen LogP contribution in [0.5, 0.6) is 5.75 Å². The third kappa shape index (κ3) is 4.48. The number of piperazine rings is 1. The maximum absolute atomic E-state index is 12.5. The first-order valence-corrected chi connectivity index (χ1v) is 9.74. The number of hydrogen-bond donors (Lipinski definition) is 1. The van der Waals surface area contributed by atoms with Crippen molar-refractivity contribution in [2.24, 2.45) is 0 Å². The zero-order valence-electron chi connectivity index (χ0n) is 16.4. The molecule has 2 amide bonds. The van der Waals surface area contributed by atoms with E-state index in [1.54, 1.807) is 0 Å². The molecule has 1 N–H and O–H groups in total. The number of carbonyl (C=O) groups is 1. The van der Waals surface area contributed by atoms with Gasteiger partial charge in [-0.25, -0.2) is 4.79 Å². The highest BCUT2D eigenvalue weighted by Gasteiger charge is 2.22. The highest BCUT2D eigenvalue weighted by Crippen LogP contribution is 2.18. The number of carbonyl (C=O) groups excluding carboxylic acids is 1. The van der Waals surface area contributed by atoms with Crippen molar-refractivity contribution < 1.29 is 9.53 Å². The molecule has 1 fully saturated rings. The standard InChI is InChI=1S/C21H24N6O2/c1-2-29-18-7-5-17(6-8-18)22-21(28)27-15-13-26(14-16-27)20-10-9-19(23-24-20)25-11-3-4-12-25/h3-12H,2,13-16H2,1H3,(H,22,28). The van der Waals surface area contributed by atoms with E-state index in [1.807, 2.05) is 77.3 Å². The zero-order valence-corrected chi connectivity index (χ0v) is 16.4. The van der Waals surface area contributed by atoms with Crippen LogP contribution in [0.2, 0.25) is 0 Å². The van der Waals surface area contributed by atoms with Crippen LogP contribution in [0.4, 0.5) is 16.3 Å². The van der Waals surface area contributed by atoms with Crippen molar-refractivity contribution in [3.05, 3.63) is 60.9 Å². The molecule has 0 atom stereocenters. The Hall–Kier alpha value is -3.55. The monoisotopic (exact) mass is 392 g/mol. The molecule has 0 unspecified atom stereocenters. The summed E-state index contributed by atoms with van der Waals surface area (Å²) < 4.78 is 7.34. The van der Waals surface area contributed by atoms with Gasteiger partial charge in [0.25, 0.3) is 0 Å². The van der Waals surface area contributed by atoms with E-state index in [4.69, 9.17) is 4.74 Å². The second-order valence-electron chi connectivity index (χ2n) is 6.70. The number of ether oxygens (including phenoxy) is 1. The van der Waals surface area contributed by atoms with E-state index in [1.165, 1.54) is 0 Å². The quantitative estimate of drug-likeness (QED) is 0.722. The van der Waals surface area contributed by atoms with Gasteiger partial charge >= 0.3 is 6.03 Å². The molecule has 1 saturated heterocycles. The van der Waals surface area contributed by atoms with Crippen molar-refractivity contribution >= 4 is 17.5 Å². The van der Waals surface area contributed by atoms with Crippen LogP contribution < -0.4 is 15.0 Å². The van der Waals surface area contributed by atoms with Crippen LogP contribution in [0.1, 0.15) is 6.92 Å². The molecule has 1 aliphatic heterocycles. The molecule has 0 aliphatic carbocycles. The molecule has 0 saturated carbocycles. The van der Waals surface area contributed by atoms with Crippen molar-refractivity contribution in [2.45, 2.75) is 6.92 Å². The van der Waals surface area contributed by atoms with Crippen LogP contribution in [-0.4, -0.2) is 58.5 Å². The summed E-state index contributed by atoms with van der Waals surface area (Å²) in [6.45, 7) is 5.25. The van der Waals surface area contributed by atoms with E-state index < -0.39 is 0 Å². The number of nitrogens with zero attached hydrogens (tertiary/aromatic N) is 5. The van der Waals surface area contributed by atoms with Crippen LogP contribution >= 0.6 is 0 Å². The SMILES string of the molecule is CCOc1ccc(NC(=O)N2CCN(c3ccc(-n4cccc4)nn3)CC2)cc1. The first-order chi connectivity index (χ1) is 14.2. The number of benzene rings is 1. The van der Waals surface area contributed by atoms with Crippen molar-refractivity contribution in [1.29, 1.82) is 0 Å². The molecule has 8 heteroatoms. The fraction of sp³-hybridized carbons (Fsp3) is 0.286. The van der Waals surface area contributed by atoms with Crippen LogP contribution in [0.25, 0.3) is 5.82 Å². The maximum Gasteiger partial charge on any atom is 0.321 e. The normalized spacial score (nSPS) is 14.0. The average Bonchev–Trinajstić information content (AvgIpc) is 3.31. The molecule has 0 spiro atoms. The highest BCUT2D eigenvalue weighted by molar-refractivity contribution is 5.89. The largest absolute Gasteiger partial charge is 0.494 e. The molecule has 0 radical (unpaired) electrons. The van der Waals surface area contributed by atoms with Crippen molar-refractivity contribution in [2.75, 3.05) is 43.0 Å². The lowest BCUT2D eigenvalue weighted by molar-refractivity contribution is 0.208. The lowest BCUT2D eigenvalue weighted by Gasteiger charge is -2.35. The Kier molecular flexibility index (Phi) is 5.60. The van der Waals surface area contributed by atoms with Gasteiger partial charge in [0.1, 0.15) is 5.75 Å². The van der Waals surface area contributed by atoms with Gasteiger partial charge in [0.05, 0.1) is 6.61 Å². The number of amides is 2. The third-order valence-electron chi connectivity index (χ3n) is 4.81. The Morgan fingerprint density at radius 1 is 0.966 bits per heavy atom. The van der Waals surface area contributed by atoms with E-state index in [-0.39, 0.29) is 6.03 Å². The minimum Gasteiger partial charge on any atom is -0.494 e. The fourth-order valence-electron chi connectivity index (χ4n) is 3.25. The molecule has 4 rings (SSSR count). The number of urea groups is 1. The molecular weight excluding hydrogens is 368 g/mol. The molecule has 1 aliphatic rings. The molecule has 8 nitrogen and oxygen atoms in total. The summed E-state index contributed by atoms with van der Waals surface area (Å²) in [4.78, 5) is 16.5. The van der Waals surface area contributed by atoms with E-state index in [9.17, 15) is 4.79 Å². The second kappa shape index (κ2) is 8.64. The van der Waals surface area contributed by atoms with Crippen molar-refractivity contribution in [1.82, 2.24) is 19.7 Å². The van der Waals surface area contributed by atoms with Crippen LogP contribution in [0.3, 0.4) is 0 Å². The Labute approximate surface area is 169 Å². The van der Waals surface area contributed by atoms with E-state index in [0.29, 0.717) is 32.8 Å². The summed E-state index contributed by atoms with van der Waals surface area (Å²) in [6.07, 6.45) is 3.87. The van der Waals surface area contributed by atoms with Crippen LogP contribution in [0.15, 0.2) is 60.9 Å².